The minimum absolute atomic E-state index is 0.0854. The van der Waals surface area contributed by atoms with Crippen LogP contribution in [-0.4, -0.2) is 28.8 Å². The molecule has 0 aromatic heterocycles. The summed E-state index contributed by atoms with van der Waals surface area (Å²) in [5.74, 6) is -0.460. The van der Waals surface area contributed by atoms with Crippen molar-refractivity contribution in [2.75, 3.05) is 12.4 Å². The van der Waals surface area contributed by atoms with Crippen molar-refractivity contribution in [3.63, 3.8) is 0 Å². The number of anilines is 1. The van der Waals surface area contributed by atoms with Crippen LogP contribution in [0.5, 0.6) is 0 Å². The Morgan fingerprint density at radius 3 is 2.33 bits per heavy atom. The van der Waals surface area contributed by atoms with Gasteiger partial charge in [-0.15, -0.1) is 0 Å². The molecule has 0 saturated carbocycles. The maximum Gasteiger partial charge on any atom is 0.416 e. The number of alkyl halides is 3. The maximum absolute atomic E-state index is 12.6. The first-order valence-corrected chi connectivity index (χ1v) is 8.00. The highest BCUT2D eigenvalue weighted by Crippen LogP contribution is 2.29. The predicted molar refractivity (Wildman–Crippen MR) is 94.1 cm³/mol. The number of halogens is 3. The second-order valence-corrected chi connectivity index (χ2v) is 6.05. The summed E-state index contributed by atoms with van der Waals surface area (Å²) in [6.45, 7) is 1.85. The Bertz CT molecular complexity index is 823. The molecular weight excluding hydrogens is 363 g/mol. The molecular formula is C18H18F3N3O3. The van der Waals surface area contributed by atoms with Gasteiger partial charge in [-0.05, 0) is 37.7 Å². The van der Waals surface area contributed by atoms with Gasteiger partial charge < -0.3 is 5.32 Å². The van der Waals surface area contributed by atoms with Gasteiger partial charge in [-0.25, -0.2) is 0 Å². The summed E-state index contributed by atoms with van der Waals surface area (Å²) in [4.78, 5) is 24.4. The van der Waals surface area contributed by atoms with Crippen LogP contribution in [0.3, 0.4) is 0 Å². The summed E-state index contributed by atoms with van der Waals surface area (Å²) in [5.41, 5.74) is -0.266. The fourth-order valence-corrected chi connectivity index (χ4v) is 2.40. The summed E-state index contributed by atoms with van der Waals surface area (Å²) in [6, 6.07) is 9.80. The molecule has 1 unspecified atom stereocenters. The van der Waals surface area contributed by atoms with E-state index in [2.05, 4.69) is 5.32 Å². The number of carbonyl (C=O) groups excluding carboxylic acids is 1. The van der Waals surface area contributed by atoms with Crippen molar-refractivity contribution < 1.29 is 22.9 Å². The van der Waals surface area contributed by atoms with Gasteiger partial charge >= 0.3 is 6.18 Å². The first kappa shape index (κ1) is 20.4. The van der Waals surface area contributed by atoms with E-state index in [0.717, 1.165) is 12.1 Å². The average Bonchev–Trinajstić information content (AvgIpc) is 2.61. The molecule has 144 valence electrons. The summed E-state index contributed by atoms with van der Waals surface area (Å²) in [5, 5.41) is 13.5. The molecule has 1 N–H and O–H groups in total. The molecule has 1 amide bonds. The fourth-order valence-electron chi connectivity index (χ4n) is 2.40. The van der Waals surface area contributed by atoms with Gasteiger partial charge in [0.1, 0.15) is 5.69 Å². The van der Waals surface area contributed by atoms with E-state index in [4.69, 9.17) is 0 Å². The normalized spacial score (nSPS) is 12.7. The molecule has 6 nitrogen and oxygen atoms in total. The Balaban J connectivity index is 2.03. The van der Waals surface area contributed by atoms with Crippen molar-refractivity contribution in [2.24, 2.45) is 0 Å². The van der Waals surface area contributed by atoms with Crippen LogP contribution in [0.1, 0.15) is 18.1 Å². The zero-order valence-electron chi connectivity index (χ0n) is 14.7. The number of nitrogens with zero attached hydrogens (tertiary/aromatic N) is 2. The van der Waals surface area contributed by atoms with E-state index in [-0.39, 0.29) is 17.9 Å². The Hall–Kier alpha value is -2.94. The van der Waals surface area contributed by atoms with E-state index < -0.39 is 28.6 Å². The van der Waals surface area contributed by atoms with Crippen molar-refractivity contribution in [1.29, 1.82) is 0 Å². The number of carbonyl (C=O) groups is 1. The van der Waals surface area contributed by atoms with E-state index in [0.29, 0.717) is 5.56 Å². The quantitative estimate of drug-likeness (QED) is 0.605. The van der Waals surface area contributed by atoms with Crippen molar-refractivity contribution in [2.45, 2.75) is 25.7 Å². The fraction of sp³-hybridized carbons (Fsp3) is 0.278. The van der Waals surface area contributed by atoms with Crippen LogP contribution in [-0.2, 0) is 17.5 Å². The highest BCUT2D eigenvalue weighted by molar-refractivity contribution is 5.96. The molecule has 1 atom stereocenters. The molecule has 0 aliphatic rings. The molecule has 2 rings (SSSR count). The lowest BCUT2D eigenvalue weighted by Crippen LogP contribution is -2.39. The van der Waals surface area contributed by atoms with Gasteiger partial charge in [0.25, 0.3) is 5.69 Å². The number of hydrogen-bond acceptors (Lipinski definition) is 4. The highest BCUT2D eigenvalue weighted by Gasteiger charge is 2.30. The van der Waals surface area contributed by atoms with Crippen molar-refractivity contribution in [3.8, 4) is 0 Å². The molecule has 0 saturated heterocycles. The van der Waals surface area contributed by atoms with E-state index >= 15 is 0 Å². The first-order valence-electron chi connectivity index (χ1n) is 8.00. The summed E-state index contributed by atoms with van der Waals surface area (Å²) in [7, 11) is 1.64. The molecule has 0 radical (unpaired) electrons. The molecule has 0 aliphatic heterocycles. The lowest BCUT2D eigenvalue weighted by Gasteiger charge is -2.24. The van der Waals surface area contributed by atoms with Crippen LogP contribution in [0.25, 0.3) is 0 Å². The van der Waals surface area contributed by atoms with Gasteiger partial charge in [0.2, 0.25) is 5.91 Å². The molecule has 27 heavy (non-hydrogen) atoms. The van der Waals surface area contributed by atoms with Crippen LogP contribution in [0.15, 0.2) is 48.5 Å². The Morgan fingerprint density at radius 1 is 1.19 bits per heavy atom. The number of nitrogens with one attached hydrogen (secondary N) is 1. The number of nitro benzene ring substituents is 1. The first-order chi connectivity index (χ1) is 12.6. The second kappa shape index (κ2) is 8.17. The average molecular weight is 381 g/mol. The molecule has 2 aromatic carbocycles. The highest BCUT2D eigenvalue weighted by atomic mass is 19.4. The third-order valence-electron chi connectivity index (χ3n) is 4.11. The van der Waals surface area contributed by atoms with Crippen molar-refractivity contribution >= 4 is 17.3 Å². The third kappa shape index (κ3) is 5.27. The smallest absolute Gasteiger partial charge is 0.319 e. The maximum atomic E-state index is 12.6. The number of para-hydroxylation sites is 2. The zero-order chi connectivity index (χ0) is 20.2. The number of benzene rings is 2. The van der Waals surface area contributed by atoms with Crippen molar-refractivity contribution in [3.05, 3.63) is 69.8 Å². The Morgan fingerprint density at radius 2 is 1.78 bits per heavy atom. The van der Waals surface area contributed by atoms with E-state index in [1.54, 1.807) is 24.9 Å². The molecule has 0 heterocycles. The van der Waals surface area contributed by atoms with Gasteiger partial charge in [0.05, 0.1) is 16.5 Å². The number of amides is 1. The van der Waals surface area contributed by atoms with Crippen LogP contribution in [0.2, 0.25) is 0 Å². The number of rotatable bonds is 6. The Labute approximate surface area is 153 Å². The van der Waals surface area contributed by atoms with E-state index in [9.17, 15) is 28.1 Å². The molecule has 0 bridgehead atoms. The van der Waals surface area contributed by atoms with Crippen molar-refractivity contribution in [1.82, 2.24) is 4.90 Å². The van der Waals surface area contributed by atoms with Crippen LogP contribution < -0.4 is 5.32 Å². The lowest BCUT2D eigenvalue weighted by atomic mass is 10.1. The molecule has 0 spiro atoms. The molecule has 0 aliphatic carbocycles. The Kier molecular flexibility index (Phi) is 6.17. The largest absolute Gasteiger partial charge is 0.416 e. The standard InChI is InChI=1S/C18H18F3N3O3/c1-12(17(25)22-15-5-3-4-6-16(15)24(26)27)23(2)11-13-7-9-14(10-8-13)18(19,20)21/h3-10,12H,11H2,1-2H3,(H,22,25). The molecule has 0 fully saturated rings. The lowest BCUT2D eigenvalue weighted by molar-refractivity contribution is -0.383. The number of hydrogen-bond donors (Lipinski definition) is 1. The zero-order valence-corrected chi connectivity index (χ0v) is 14.7. The monoisotopic (exact) mass is 381 g/mol. The number of likely N-dealkylation sites (N-methyl/N-ethyl adjacent to an activating group) is 1. The summed E-state index contributed by atoms with van der Waals surface area (Å²) < 4.78 is 37.8. The van der Waals surface area contributed by atoms with Crippen LogP contribution >= 0.6 is 0 Å². The topological polar surface area (TPSA) is 75.5 Å². The van der Waals surface area contributed by atoms with Gasteiger partial charge in [-0.3, -0.25) is 19.8 Å². The van der Waals surface area contributed by atoms with Crippen LogP contribution in [0, 0.1) is 10.1 Å². The third-order valence-corrected chi connectivity index (χ3v) is 4.11. The van der Waals surface area contributed by atoms with Gasteiger partial charge in [0.15, 0.2) is 0 Å². The molecule has 9 heteroatoms. The van der Waals surface area contributed by atoms with Crippen LogP contribution in [0.4, 0.5) is 24.5 Å². The number of nitro groups is 1. The SMILES string of the molecule is CC(C(=O)Nc1ccccc1[N+](=O)[O-])N(C)Cc1ccc(C(F)(F)F)cc1. The van der Waals surface area contributed by atoms with E-state index in [1.165, 1.54) is 30.3 Å². The summed E-state index contributed by atoms with van der Waals surface area (Å²) >= 11 is 0. The summed E-state index contributed by atoms with van der Waals surface area (Å²) in [6.07, 6.45) is -4.40. The predicted octanol–water partition coefficient (Wildman–Crippen LogP) is 4.07. The van der Waals surface area contributed by atoms with E-state index in [1.807, 2.05) is 0 Å². The minimum atomic E-state index is -4.40. The van der Waals surface area contributed by atoms with Gasteiger partial charge in [-0.1, -0.05) is 24.3 Å². The minimum Gasteiger partial charge on any atom is -0.319 e. The van der Waals surface area contributed by atoms with Gasteiger partial charge in [-0.2, -0.15) is 13.2 Å². The second-order valence-electron chi connectivity index (χ2n) is 6.05. The molecule has 2 aromatic rings. The van der Waals surface area contributed by atoms with Gasteiger partial charge in [0, 0.05) is 12.6 Å².